The fourth-order valence-electron chi connectivity index (χ4n) is 1.77. The fourth-order valence-corrected chi connectivity index (χ4v) is 3.40. The number of hydrogen-bond donors (Lipinski definition) is 1. The molecule has 0 saturated carbocycles. The molecule has 0 amide bonds. The van der Waals surface area contributed by atoms with Crippen LogP contribution in [-0.4, -0.2) is 11.1 Å². The standard InChI is InChI=1S/C15H13BrO2S/c1-9-3-6-14(10(2)7-9)19-11-4-5-12(15(17)18)13(16)8-11/h3-8H,1-2H3,(H,17,18). The van der Waals surface area contributed by atoms with Crippen LogP contribution in [0.3, 0.4) is 0 Å². The summed E-state index contributed by atoms with van der Waals surface area (Å²) in [6.07, 6.45) is 0. The van der Waals surface area contributed by atoms with Gasteiger partial charge in [0, 0.05) is 14.3 Å². The lowest BCUT2D eigenvalue weighted by molar-refractivity contribution is 0.0696. The number of halogens is 1. The first-order chi connectivity index (χ1) is 8.97. The summed E-state index contributed by atoms with van der Waals surface area (Å²) in [5, 5.41) is 8.98. The van der Waals surface area contributed by atoms with Gasteiger partial charge < -0.3 is 5.11 Å². The zero-order chi connectivity index (χ0) is 14.0. The Morgan fingerprint density at radius 2 is 1.89 bits per heavy atom. The molecule has 2 rings (SSSR count). The van der Waals surface area contributed by atoms with Crippen LogP contribution in [0.15, 0.2) is 50.7 Å². The third-order valence-corrected chi connectivity index (χ3v) is 4.55. The zero-order valence-electron chi connectivity index (χ0n) is 10.6. The van der Waals surface area contributed by atoms with Gasteiger partial charge in [0.05, 0.1) is 5.56 Å². The Hall–Kier alpha value is -1.26. The molecule has 0 unspecified atom stereocenters. The van der Waals surface area contributed by atoms with Gasteiger partial charge in [-0.25, -0.2) is 4.79 Å². The van der Waals surface area contributed by atoms with E-state index in [0.29, 0.717) is 4.47 Å². The second kappa shape index (κ2) is 5.80. The first kappa shape index (κ1) is 14.2. The van der Waals surface area contributed by atoms with Crippen LogP contribution in [0.5, 0.6) is 0 Å². The van der Waals surface area contributed by atoms with E-state index in [2.05, 4.69) is 48.0 Å². The van der Waals surface area contributed by atoms with Crippen molar-refractivity contribution in [2.24, 2.45) is 0 Å². The number of hydrogen-bond acceptors (Lipinski definition) is 2. The number of aromatic carboxylic acids is 1. The van der Waals surface area contributed by atoms with Gasteiger partial charge in [-0.1, -0.05) is 29.5 Å². The van der Waals surface area contributed by atoms with Crippen LogP contribution in [0.2, 0.25) is 0 Å². The van der Waals surface area contributed by atoms with Crippen molar-refractivity contribution < 1.29 is 9.90 Å². The normalized spacial score (nSPS) is 10.5. The smallest absolute Gasteiger partial charge is 0.336 e. The molecule has 19 heavy (non-hydrogen) atoms. The van der Waals surface area contributed by atoms with Crippen LogP contribution in [0, 0.1) is 13.8 Å². The van der Waals surface area contributed by atoms with Gasteiger partial charge in [-0.3, -0.25) is 0 Å². The van der Waals surface area contributed by atoms with Crippen molar-refractivity contribution in [3.05, 3.63) is 57.6 Å². The zero-order valence-corrected chi connectivity index (χ0v) is 13.0. The molecular weight excluding hydrogens is 324 g/mol. The fraction of sp³-hybridized carbons (Fsp3) is 0.133. The highest BCUT2D eigenvalue weighted by Gasteiger charge is 2.09. The summed E-state index contributed by atoms with van der Waals surface area (Å²) in [4.78, 5) is 13.1. The highest BCUT2D eigenvalue weighted by molar-refractivity contribution is 9.10. The molecular formula is C15H13BrO2S. The van der Waals surface area contributed by atoms with Gasteiger partial charge in [0.2, 0.25) is 0 Å². The van der Waals surface area contributed by atoms with Gasteiger partial charge in [0.15, 0.2) is 0 Å². The maximum atomic E-state index is 10.9. The summed E-state index contributed by atoms with van der Waals surface area (Å²) in [5.74, 6) is -0.921. The summed E-state index contributed by atoms with van der Waals surface area (Å²) >= 11 is 4.93. The van der Waals surface area contributed by atoms with E-state index in [9.17, 15) is 4.79 Å². The highest BCUT2D eigenvalue weighted by atomic mass is 79.9. The van der Waals surface area contributed by atoms with Crippen LogP contribution in [0.1, 0.15) is 21.5 Å². The number of carboxylic acids is 1. The van der Waals surface area contributed by atoms with Crippen LogP contribution >= 0.6 is 27.7 Å². The molecule has 0 fully saturated rings. The van der Waals surface area contributed by atoms with Crippen LogP contribution in [-0.2, 0) is 0 Å². The van der Waals surface area contributed by atoms with E-state index in [1.54, 1.807) is 17.8 Å². The van der Waals surface area contributed by atoms with Crippen molar-refractivity contribution in [1.82, 2.24) is 0 Å². The van der Waals surface area contributed by atoms with Gasteiger partial charge in [-0.15, -0.1) is 0 Å². The third kappa shape index (κ3) is 3.39. The quantitative estimate of drug-likeness (QED) is 0.864. The summed E-state index contributed by atoms with van der Waals surface area (Å²) in [7, 11) is 0. The summed E-state index contributed by atoms with van der Waals surface area (Å²) in [6, 6.07) is 11.6. The molecule has 2 aromatic carbocycles. The largest absolute Gasteiger partial charge is 0.478 e. The number of carboxylic acid groups (broad SMARTS) is 1. The van der Waals surface area contributed by atoms with E-state index in [4.69, 9.17) is 5.11 Å². The molecule has 0 bridgehead atoms. The maximum Gasteiger partial charge on any atom is 0.336 e. The molecule has 0 aliphatic rings. The van der Waals surface area contributed by atoms with Gasteiger partial charge in [-0.05, 0) is 59.6 Å². The lowest BCUT2D eigenvalue weighted by Crippen LogP contribution is -1.97. The topological polar surface area (TPSA) is 37.3 Å². The van der Waals surface area contributed by atoms with Crippen molar-refractivity contribution in [2.75, 3.05) is 0 Å². The molecule has 0 atom stereocenters. The van der Waals surface area contributed by atoms with Crippen molar-refractivity contribution >= 4 is 33.7 Å². The highest BCUT2D eigenvalue weighted by Crippen LogP contribution is 2.33. The third-order valence-electron chi connectivity index (χ3n) is 2.73. The Bertz CT molecular complexity index is 638. The molecule has 0 saturated heterocycles. The Morgan fingerprint density at radius 1 is 1.16 bits per heavy atom. The Kier molecular flexibility index (Phi) is 4.32. The SMILES string of the molecule is Cc1ccc(Sc2ccc(C(=O)O)c(Br)c2)c(C)c1. The summed E-state index contributed by atoms with van der Waals surface area (Å²) in [6.45, 7) is 4.15. The minimum atomic E-state index is -0.921. The lowest BCUT2D eigenvalue weighted by Gasteiger charge is -2.08. The van der Waals surface area contributed by atoms with Crippen LogP contribution in [0.4, 0.5) is 0 Å². The predicted octanol–water partition coefficient (Wildman–Crippen LogP) is 4.92. The molecule has 1 N–H and O–H groups in total. The number of benzene rings is 2. The second-order valence-corrected chi connectivity index (χ2v) is 6.29. The van der Waals surface area contributed by atoms with E-state index >= 15 is 0 Å². The predicted molar refractivity (Wildman–Crippen MR) is 81.1 cm³/mol. The molecule has 0 radical (unpaired) electrons. The van der Waals surface area contributed by atoms with E-state index in [1.807, 2.05) is 12.1 Å². The molecule has 0 spiro atoms. The van der Waals surface area contributed by atoms with Crippen molar-refractivity contribution in [2.45, 2.75) is 23.6 Å². The molecule has 2 aromatic rings. The molecule has 0 aromatic heterocycles. The van der Waals surface area contributed by atoms with Crippen molar-refractivity contribution in [3.63, 3.8) is 0 Å². The van der Waals surface area contributed by atoms with E-state index < -0.39 is 5.97 Å². The minimum Gasteiger partial charge on any atom is -0.478 e. The van der Waals surface area contributed by atoms with Crippen molar-refractivity contribution in [1.29, 1.82) is 0 Å². The first-order valence-corrected chi connectivity index (χ1v) is 7.36. The molecule has 4 heteroatoms. The summed E-state index contributed by atoms with van der Waals surface area (Å²) in [5.41, 5.74) is 2.75. The monoisotopic (exact) mass is 336 g/mol. The molecule has 0 heterocycles. The second-order valence-electron chi connectivity index (χ2n) is 4.32. The molecule has 0 aliphatic heterocycles. The van der Waals surface area contributed by atoms with Crippen LogP contribution in [0.25, 0.3) is 0 Å². The van der Waals surface area contributed by atoms with Gasteiger partial charge in [0.25, 0.3) is 0 Å². The Balaban J connectivity index is 2.29. The number of aryl methyl sites for hydroxylation is 2. The van der Waals surface area contributed by atoms with Gasteiger partial charge in [-0.2, -0.15) is 0 Å². The van der Waals surface area contributed by atoms with E-state index in [-0.39, 0.29) is 5.56 Å². The minimum absolute atomic E-state index is 0.282. The maximum absolute atomic E-state index is 10.9. The number of carbonyl (C=O) groups is 1. The Morgan fingerprint density at radius 3 is 2.47 bits per heavy atom. The number of rotatable bonds is 3. The summed E-state index contributed by atoms with van der Waals surface area (Å²) < 4.78 is 0.606. The first-order valence-electron chi connectivity index (χ1n) is 5.75. The molecule has 0 aliphatic carbocycles. The van der Waals surface area contributed by atoms with Crippen molar-refractivity contribution in [3.8, 4) is 0 Å². The lowest BCUT2D eigenvalue weighted by atomic mass is 10.2. The average Bonchev–Trinajstić information content (AvgIpc) is 2.32. The molecule has 98 valence electrons. The van der Waals surface area contributed by atoms with E-state index in [1.165, 1.54) is 16.0 Å². The average molecular weight is 337 g/mol. The molecule has 2 nitrogen and oxygen atoms in total. The van der Waals surface area contributed by atoms with E-state index in [0.717, 1.165) is 4.90 Å². The van der Waals surface area contributed by atoms with Gasteiger partial charge in [0.1, 0.15) is 0 Å². The van der Waals surface area contributed by atoms with Crippen LogP contribution < -0.4 is 0 Å². The van der Waals surface area contributed by atoms with Gasteiger partial charge >= 0.3 is 5.97 Å². The Labute approximate surface area is 125 Å².